The molecule has 0 unspecified atom stereocenters. The van der Waals surface area contributed by atoms with Gasteiger partial charge in [-0.1, -0.05) is 12.1 Å². The van der Waals surface area contributed by atoms with E-state index < -0.39 is 23.7 Å². The van der Waals surface area contributed by atoms with Crippen molar-refractivity contribution in [1.29, 1.82) is 0 Å². The minimum Gasteiger partial charge on any atom is -0.487 e. The Morgan fingerprint density at radius 1 is 1.35 bits per heavy atom. The molecule has 1 rings (SSSR count). The number of carbonyl (C=O) groups is 2. The number of hydrogen-bond donors (Lipinski definition) is 2. The lowest BCUT2D eigenvalue weighted by molar-refractivity contribution is -0.385. The van der Waals surface area contributed by atoms with Gasteiger partial charge in [-0.3, -0.25) is 10.1 Å². The minimum atomic E-state index is -1.67. The summed E-state index contributed by atoms with van der Waals surface area (Å²) in [4.78, 5) is 31.9. The number of imide groups is 1. The van der Waals surface area contributed by atoms with E-state index in [1.165, 1.54) is 18.2 Å². The summed E-state index contributed by atoms with van der Waals surface area (Å²) >= 11 is 0. The van der Waals surface area contributed by atoms with Gasteiger partial charge in [0.2, 0.25) is 5.75 Å². The van der Waals surface area contributed by atoms with E-state index in [1.54, 1.807) is 6.92 Å². The number of rotatable bonds is 5. The van der Waals surface area contributed by atoms with E-state index in [9.17, 15) is 19.7 Å². The van der Waals surface area contributed by atoms with Crippen LogP contribution in [-0.2, 0) is 6.54 Å². The van der Waals surface area contributed by atoms with E-state index in [0.29, 0.717) is 0 Å². The fourth-order valence-corrected chi connectivity index (χ4v) is 1.54. The molecule has 0 fully saturated rings. The maximum Gasteiger partial charge on any atom is 0.417 e. The molecule has 108 valence electrons. The Labute approximate surface area is 113 Å². The van der Waals surface area contributed by atoms with Crippen LogP contribution in [-0.4, -0.2) is 38.8 Å². The lowest BCUT2D eigenvalue weighted by Crippen LogP contribution is -2.34. The Morgan fingerprint density at radius 2 is 1.95 bits per heavy atom. The molecular weight excluding hydrogens is 272 g/mol. The fraction of sp³-hybridized carbons (Fsp3) is 0.273. The van der Waals surface area contributed by atoms with Gasteiger partial charge in [0, 0.05) is 11.6 Å². The van der Waals surface area contributed by atoms with E-state index in [0.717, 1.165) is 0 Å². The van der Waals surface area contributed by atoms with Crippen LogP contribution in [0.4, 0.5) is 15.3 Å². The first-order chi connectivity index (χ1) is 9.38. The van der Waals surface area contributed by atoms with Gasteiger partial charge in [0.25, 0.3) is 0 Å². The van der Waals surface area contributed by atoms with Gasteiger partial charge >= 0.3 is 17.9 Å². The first kappa shape index (κ1) is 15.2. The van der Waals surface area contributed by atoms with Crippen molar-refractivity contribution >= 4 is 17.9 Å². The van der Waals surface area contributed by atoms with Crippen molar-refractivity contribution in [2.24, 2.45) is 0 Å². The average molecular weight is 284 g/mol. The fourth-order valence-electron chi connectivity index (χ4n) is 1.54. The zero-order chi connectivity index (χ0) is 15.3. The Bertz CT molecular complexity index is 530. The summed E-state index contributed by atoms with van der Waals surface area (Å²) in [5, 5.41) is 28.4. The van der Waals surface area contributed by atoms with Crippen LogP contribution in [0.3, 0.4) is 0 Å². The average Bonchev–Trinajstić information content (AvgIpc) is 2.36. The molecule has 2 amide bonds. The number of para-hydroxylation sites is 1. The Hall–Kier alpha value is -2.84. The highest BCUT2D eigenvalue weighted by atomic mass is 16.6. The Kier molecular flexibility index (Phi) is 4.84. The highest BCUT2D eigenvalue weighted by Crippen LogP contribution is 2.31. The number of nitro benzene ring substituents is 1. The molecule has 20 heavy (non-hydrogen) atoms. The number of benzene rings is 1. The predicted molar refractivity (Wildman–Crippen MR) is 65.9 cm³/mol. The van der Waals surface area contributed by atoms with Crippen molar-refractivity contribution in [2.75, 3.05) is 6.61 Å². The normalized spacial score (nSPS) is 9.85. The van der Waals surface area contributed by atoms with Gasteiger partial charge in [0.15, 0.2) is 0 Å². The zero-order valence-corrected chi connectivity index (χ0v) is 10.5. The van der Waals surface area contributed by atoms with Crippen LogP contribution in [0.1, 0.15) is 12.5 Å². The van der Waals surface area contributed by atoms with E-state index in [2.05, 4.69) is 0 Å². The van der Waals surface area contributed by atoms with Gasteiger partial charge < -0.3 is 14.9 Å². The quantitative estimate of drug-likeness (QED) is 0.625. The van der Waals surface area contributed by atoms with E-state index in [1.807, 2.05) is 0 Å². The molecule has 0 aliphatic heterocycles. The lowest BCUT2D eigenvalue weighted by atomic mass is 10.1. The molecule has 9 nitrogen and oxygen atoms in total. The van der Waals surface area contributed by atoms with Gasteiger partial charge in [-0.15, -0.1) is 0 Å². The largest absolute Gasteiger partial charge is 0.487 e. The van der Waals surface area contributed by atoms with Crippen molar-refractivity contribution in [3.63, 3.8) is 0 Å². The second kappa shape index (κ2) is 6.36. The molecule has 0 bridgehead atoms. The maximum atomic E-state index is 10.9. The summed E-state index contributed by atoms with van der Waals surface area (Å²) in [7, 11) is 0. The molecule has 0 aromatic heterocycles. The smallest absolute Gasteiger partial charge is 0.417 e. The third-order valence-electron chi connectivity index (χ3n) is 2.35. The van der Waals surface area contributed by atoms with Crippen LogP contribution in [0.2, 0.25) is 0 Å². The molecule has 9 heteroatoms. The minimum absolute atomic E-state index is 0.103. The van der Waals surface area contributed by atoms with Gasteiger partial charge in [-0.25, -0.2) is 14.5 Å². The molecule has 0 saturated heterocycles. The van der Waals surface area contributed by atoms with Crippen LogP contribution in [0.15, 0.2) is 18.2 Å². The third kappa shape index (κ3) is 3.34. The van der Waals surface area contributed by atoms with Crippen molar-refractivity contribution in [3.8, 4) is 5.75 Å². The van der Waals surface area contributed by atoms with E-state index in [4.69, 9.17) is 14.9 Å². The molecule has 0 atom stereocenters. The molecule has 0 spiro atoms. The van der Waals surface area contributed by atoms with Gasteiger partial charge in [0.1, 0.15) is 0 Å². The van der Waals surface area contributed by atoms with Gasteiger partial charge in [0.05, 0.1) is 18.1 Å². The summed E-state index contributed by atoms with van der Waals surface area (Å²) in [5.41, 5.74) is -0.245. The third-order valence-corrected chi connectivity index (χ3v) is 2.35. The summed E-state index contributed by atoms with van der Waals surface area (Å²) < 4.78 is 5.14. The first-order valence-electron chi connectivity index (χ1n) is 5.51. The summed E-state index contributed by atoms with van der Waals surface area (Å²) in [6, 6.07) is 3.90. The highest BCUT2D eigenvalue weighted by molar-refractivity contribution is 5.85. The molecule has 0 heterocycles. The zero-order valence-electron chi connectivity index (χ0n) is 10.5. The number of hydrogen-bond acceptors (Lipinski definition) is 5. The van der Waals surface area contributed by atoms with Crippen molar-refractivity contribution in [2.45, 2.75) is 13.5 Å². The number of carboxylic acid groups (broad SMARTS) is 2. The lowest BCUT2D eigenvalue weighted by Gasteiger charge is -2.16. The van der Waals surface area contributed by atoms with Crippen LogP contribution in [0.5, 0.6) is 5.75 Å². The summed E-state index contributed by atoms with van der Waals surface area (Å²) in [6.07, 6.45) is -3.35. The predicted octanol–water partition coefficient (Wildman–Crippen LogP) is 2.15. The second-order valence-electron chi connectivity index (χ2n) is 3.61. The summed E-state index contributed by atoms with van der Waals surface area (Å²) in [6.45, 7) is 1.17. The van der Waals surface area contributed by atoms with E-state index >= 15 is 0 Å². The maximum absolute atomic E-state index is 10.9. The number of nitro groups is 1. The topological polar surface area (TPSA) is 130 Å². The van der Waals surface area contributed by atoms with Crippen LogP contribution < -0.4 is 4.74 Å². The first-order valence-corrected chi connectivity index (χ1v) is 5.51. The monoisotopic (exact) mass is 284 g/mol. The van der Waals surface area contributed by atoms with Crippen LogP contribution >= 0.6 is 0 Å². The summed E-state index contributed by atoms with van der Waals surface area (Å²) in [5.74, 6) is -0.132. The van der Waals surface area contributed by atoms with E-state index in [-0.39, 0.29) is 28.5 Å². The number of ether oxygens (including phenoxy) is 1. The number of nitrogens with zero attached hydrogens (tertiary/aromatic N) is 2. The molecule has 2 N–H and O–H groups in total. The Balaban J connectivity index is 3.23. The van der Waals surface area contributed by atoms with Gasteiger partial charge in [-0.2, -0.15) is 0 Å². The second-order valence-corrected chi connectivity index (χ2v) is 3.61. The SMILES string of the molecule is CCOc1c(CN(C(=O)O)C(=O)O)cccc1[N+](=O)[O-]. The standard InChI is InChI=1S/C11H12N2O7/c1-2-20-9-7(4-3-5-8(9)13(18)19)6-12(10(14)15)11(16)17/h3-5H,2,6H2,1H3,(H,14,15)(H,16,17). The number of amides is 2. The van der Waals surface area contributed by atoms with Crippen molar-refractivity contribution in [1.82, 2.24) is 4.90 Å². The van der Waals surface area contributed by atoms with Crippen molar-refractivity contribution in [3.05, 3.63) is 33.9 Å². The molecule has 1 aromatic rings. The highest BCUT2D eigenvalue weighted by Gasteiger charge is 2.25. The molecule has 1 aromatic carbocycles. The van der Waals surface area contributed by atoms with Gasteiger partial charge in [-0.05, 0) is 6.92 Å². The Morgan fingerprint density at radius 3 is 2.40 bits per heavy atom. The molecule has 0 aliphatic rings. The molecule has 0 radical (unpaired) electrons. The van der Waals surface area contributed by atoms with Crippen LogP contribution in [0, 0.1) is 10.1 Å². The van der Waals surface area contributed by atoms with Crippen LogP contribution in [0.25, 0.3) is 0 Å². The molecule has 0 saturated carbocycles. The van der Waals surface area contributed by atoms with Crippen molar-refractivity contribution < 1.29 is 29.5 Å². The molecule has 0 aliphatic carbocycles. The molecular formula is C11H12N2O7.